The van der Waals surface area contributed by atoms with E-state index in [0.717, 1.165) is 12.1 Å². The number of anilines is 1. The Hall–Kier alpha value is -1.57. The van der Waals surface area contributed by atoms with Gasteiger partial charge in [0, 0.05) is 11.8 Å². The Labute approximate surface area is 99.6 Å². The van der Waals surface area contributed by atoms with Crippen molar-refractivity contribution in [1.82, 2.24) is 10.2 Å². The molecule has 0 saturated carbocycles. The van der Waals surface area contributed by atoms with Crippen molar-refractivity contribution in [2.45, 2.75) is 19.8 Å². The lowest BCUT2D eigenvalue weighted by molar-refractivity contribution is -0.140. The van der Waals surface area contributed by atoms with Crippen LogP contribution in [0.4, 0.5) is 5.82 Å². The topological polar surface area (TPSA) is 101 Å². The molecule has 0 bridgehead atoms. The molecule has 0 atom stereocenters. The Bertz CT molecular complexity index is 480. The number of hydrogen-bond donors (Lipinski definition) is 2. The zero-order chi connectivity index (χ0) is 12.9. The molecular weight excluding hydrogens is 246 g/mol. The molecule has 1 heterocycles. The maximum absolute atomic E-state index is 11.5. The molecule has 0 fully saturated rings. The van der Waals surface area contributed by atoms with Gasteiger partial charge < -0.3 is 4.74 Å². The Kier molecular flexibility index (Phi) is 4.50. The molecule has 1 aromatic heterocycles. The van der Waals surface area contributed by atoms with Crippen LogP contribution in [0.15, 0.2) is 6.07 Å². The lowest BCUT2D eigenvalue weighted by Crippen LogP contribution is -2.19. The molecule has 0 unspecified atom stereocenters. The fourth-order valence-electron chi connectivity index (χ4n) is 1.13. The van der Waals surface area contributed by atoms with Gasteiger partial charge in [0.15, 0.2) is 5.82 Å². The van der Waals surface area contributed by atoms with Crippen LogP contribution >= 0.6 is 0 Å². The third-order valence-corrected chi connectivity index (χ3v) is 3.34. The van der Waals surface area contributed by atoms with Gasteiger partial charge in [0.05, 0.1) is 19.3 Å². The number of methoxy groups -OCH3 is 1. The van der Waals surface area contributed by atoms with E-state index in [1.54, 1.807) is 6.07 Å². The van der Waals surface area contributed by atoms with E-state index in [9.17, 15) is 13.2 Å². The first-order valence-electron chi connectivity index (χ1n) is 5.08. The van der Waals surface area contributed by atoms with Gasteiger partial charge in [-0.2, -0.15) is 5.10 Å². The van der Waals surface area contributed by atoms with Crippen molar-refractivity contribution in [3.8, 4) is 0 Å². The minimum Gasteiger partial charge on any atom is -0.469 e. The molecule has 0 amide bonds. The number of aromatic amines is 1. The molecule has 0 saturated heterocycles. The summed E-state index contributed by atoms with van der Waals surface area (Å²) in [5.41, 5.74) is 0.829. The molecule has 8 heteroatoms. The molecule has 1 aromatic rings. The quantitative estimate of drug-likeness (QED) is 0.716. The fourth-order valence-corrected chi connectivity index (χ4v) is 2.09. The Balaban J connectivity index is 2.57. The van der Waals surface area contributed by atoms with Crippen LogP contribution < -0.4 is 4.72 Å². The average molecular weight is 261 g/mol. The second kappa shape index (κ2) is 5.67. The number of hydrogen-bond acceptors (Lipinski definition) is 5. The highest BCUT2D eigenvalue weighted by Gasteiger charge is 2.15. The first-order chi connectivity index (χ1) is 7.96. The summed E-state index contributed by atoms with van der Waals surface area (Å²) in [6.07, 6.45) is 0.549. The first-order valence-corrected chi connectivity index (χ1v) is 6.73. The number of carbonyl (C=O) groups excluding carboxylic acids is 1. The Morgan fingerprint density at radius 3 is 2.82 bits per heavy atom. The minimum absolute atomic E-state index is 0.184. The molecule has 0 spiro atoms. The molecule has 96 valence electrons. The zero-order valence-electron chi connectivity index (χ0n) is 9.69. The molecule has 17 heavy (non-hydrogen) atoms. The normalized spacial score (nSPS) is 11.2. The van der Waals surface area contributed by atoms with Crippen LogP contribution in [0.25, 0.3) is 0 Å². The van der Waals surface area contributed by atoms with Crippen LogP contribution in [-0.4, -0.2) is 37.4 Å². The van der Waals surface area contributed by atoms with Crippen molar-refractivity contribution in [3.63, 3.8) is 0 Å². The Morgan fingerprint density at radius 1 is 1.59 bits per heavy atom. The number of aromatic nitrogens is 2. The van der Waals surface area contributed by atoms with Crippen LogP contribution in [-0.2, 0) is 26.0 Å². The van der Waals surface area contributed by atoms with Crippen molar-refractivity contribution in [1.29, 1.82) is 0 Å². The smallest absolute Gasteiger partial charge is 0.306 e. The van der Waals surface area contributed by atoms with E-state index in [0.29, 0.717) is 0 Å². The lowest BCUT2D eigenvalue weighted by atomic mass is 10.3. The molecule has 0 aromatic carbocycles. The molecular formula is C9H15N3O4S. The van der Waals surface area contributed by atoms with E-state index >= 15 is 0 Å². The zero-order valence-corrected chi connectivity index (χ0v) is 10.5. The summed E-state index contributed by atoms with van der Waals surface area (Å²) in [7, 11) is -2.36. The standard InChI is InChI=1S/C9H15N3O4S/c1-3-7-6-8(11-10-7)12-17(14,15)5-4-9(13)16-2/h6H,3-5H2,1-2H3,(H2,10,11,12). The third kappa shape index (κ3) is 4.43. The maximum atomic E-state index is 11.5. The molecule has 0 aliphatic carbocycles. The molecule has 0 radical (unpaired) electrons. The van der Waals surface area contributed by atoms with Crippen LogP contribution in [0, 0.1) is 0 Å². The van der Waals surface area contributed by atoms with Crippen LogP contribution in [0.1, 0.15) is 19.0 Å². The summed E-state index contributed by atoms with van der Waals surface area (Å²) in [6.45, 7) is 1.92. The number of carbonyl (C=O) groups is 1. The van der Waals surface area contributed by atoms with Crippen molar-refractivity contribution in [2.75, 3.05) is 17.6 Å². The van der Waals surface area contributed by atoms with Gasteiger partial charge in [0.1, 0.15) is 0 Å². The van der Waals surface area contributed by atoms with Gasteiger partial charge in [0.2, 0.25) is 10.0 Å². The Morgan fingerprint density at radius 2 is 2.29 bits per heavy atom. The highest BCUT2D eigenvalue weighted by Crippen LogP contribution is 2.08. The van der Waals surface area contributed by atoms with Crippen molar-refractivity contribution >= 4 is 21.8 Å². The average Bonchev–Trinajstić information content (AvgIpc) is 2.73. The molecule has 2 N–H and O–H groups in total. The van der Waals surface area contributed by atoms with Gasteiger partial charge in [-0.15, -0.1) is 0 Å². The van der Waals surface area contributed by atoms with Gasteiger partial charge in [-0.1, -0.05) is 6.92 Å². The molecule has 0 aliphatic heterocycles. The summed E-state index contributed by atoms with van der Waals surface area (Å²) in [4.78, 5) is 10.8. The number of nitrogens with one attached hydrogen (secondary N) is 2. The molecule has 1 rings (SSSR count). The lowest BCUT2D eigenvalue weighted by Gasteiger charge is -2.03. The number of nitrogens with zero attached hydrogens (tertiary/aromatic N) is 1. The number of sulfonamides is 1. The third-order valence-electron chi connectivity index (χ3n) is 2.07. The van der Waals surface area contributed by atoms with Gasteiger partial charge >= 0.3 is 5.97 Å². The highest BCUT2D eigenvalue weighted by atomic mass is 32.2. The van der Waals surface area contributed by atoms with Gasteiger partial charge in [0.25, 0.3) is 0 Å². The minimum atomic E-state index is -3.57. The van der Waals surface area contributed by atoms with Crippen molar-refractivity contribution < 1.29 is 17.9 Å². The van der Waals surface area contributed by atoms with E-state index in [4.69, 9.17) is 0 Å². The van der Waals surface area contributed by atoms with E-state index in [1.165, 1.54) is 7.11 Å². The van der Waals surface area contributed by atoms with E-state index in [1.807, 2.05) is 6.92 Å². The van der Waals surface area contributed by atoms with Crippen LogP contribution in [0.2, 0.25) is 0 Å². The van der Waals surface area contributed by atoms with Gasteiger partial charge in [-0.05, 0) is 6.42 Å². The summed E-state index contributed by atoms with van der Waals surface area (Å²) < 4.78 is 29.7. The van der Waals surface area contributed by atoms with Crippen molar-refractivity contribution in [3.05, 3.63) is 11.8 Å². The van der Waals surface area contributed by atoms with Crippen LogP contribution in [0.3, 0.4) is 0 Å². The summed E-state index contributed by atoms with van der Waals surface area (Å²) >= 11 is 0. The number of rotatable bonds is 6. The maximum Gasteiger partial charge on any atom is 0.306 e. The summed E-state index contributed by atoms with van der Waals surface area (Å²) in [5.74, 6) is -0.660. The number of aryl methyl sites for hydroxylation is 1. The SMILES string of the molecule is CCc1cc(NS(=O)(=O)CCC(=O)OC)n[nH]1. The summed E-state index contributed by atoms with van der Waals surface area (Å²) in [6, 6.07) is 1.61. The predicted octanol–water partition coefficient (Wildman–Crippen LogP) is 0.277. The number of esters is 1. The largest absolute Gasteiger partial charge is 0.469 e. The predicted molar refractivity (Wildman–Crippen MR) is 62.0 cm³/mol. The van der Waals surface area contributed by atoms with Crippen molar-refractivity contribution in [2.24, 2.45) is 0 Å². The van der Waals surface area contributed by atoms with Gasteiger partial charge in [-0.3, -0.25) is 14.6 Å². The fraction of sp³-hybridized carbons (Fsp3) is 0.556. The second-order valence-electron chi connectivity index (χ2n) is 3.38. The number of H-pyrrole nitrogens is 1. The second-order valence-corrected chi connectivity index (χ2v) is 5.22. The monoisotopic (exact) mass is 261 g/mol. The van der Waals surface area contributed by atoms with E-state index in [-0.39, 0.29) is 18.0 Å². The first kappa shape index (κ1) is 13.5. The van der Waals surface area contributed by atoms with Crippen LogP contribution in [0.5, 0.6) is 0 Å². The molecule has 7 nitrogen and oxygen atoms in total. The van der Waals surface area contributed by atoms with E-state index in [2.05, 4.69) is 19.7 Å². The highest BCUT2D eigenvalue weighted by molar-refractivity contribution is 7.92. The molecule has 0 aliphatic rings. The van der Waals surface area contributed by atoms with E-state index < -0.39 is 16.0 Å². The van der Waals surface area contributed by atoms with Gasteiger partial charge in [-0.25, -0.2) is 8.42 Å². The summed E-state index contributed by atoms with van der Waals surface area (Å²) in [5, 5.41) is 6.47. The number of ether oxygens (including phenoxy) is 1.